The van der Waals surface area contributed by atoms with E-state index in [1.165, 1.54) is 20.7 Å². The largest absolute Gasteiger partial charge is 0.496 e. The number of rotatable bonds is 14. The number of carbonyl (C=O) groups excluding carboxylic acids is 2. The van der Waals surface area contributed by atoms with Gasteiger partial charge in [0.05, 0.1) is 23.6 Å². The second-order valence-corrected chi connectivity index (χ2v) is 22.2. The van der Waals surface area contributed by atoms with Crippen molar-refractivity contribution in [3.05, 3.63) is 216 Å². The second-order valence-electron chi connectivity index (χ2n) is 13.9. The van der Waals surface area contributed by atoms with Crippen LogP contribution in [0.1, 0.15) is 31.8 Å². The lowest BCUT2D eigenvalue weighted by Gasteiger charge is -2.30. The molecule has 0 atom stereocenters. The van der Waals surface area contributed by atoms with Gasteiger partial charge < -0.3 is 9.47 Å². The zero-order chi connectivity index (χ0) is 37.4. The number of carbonyl (C=O) groups is 2. The van der Waals surface area contributed by atoms with Gasteiger partial charge in [-0.05, 0) is 12.1 Å². The topological polar surface area (TPSA) is 52.6 Å². The van der Waals surface area contributed by atoms with Crippen molar-refractivity contribution in [2.24, 2.45) is 0 Å². The first kappa shape index (κ1) is 36.3. The van der Waals surface area contributed by atoms with Crippen LogP contribution in [0.15, 0.2) is 194 Å². The zero-order valence-electron chi connectivity index (χ0n) is 30.5. The van der Waals surface area contributed by atoms with Crippen LogP contribution in [-0.4, -0.2) is 40.2 Å². The van der Waals surface area contributed by atoms with Crippen LogP contribution in [-0.2, 0) is 0 Å². The molecule has 0 aliphatic heterocycles. The Kier molecular flexibility index (Phi) is 10.9. The van der Waals surface area contributed by atoms with Crippen molar-refractivity contribution in [1.29, 1.82) is 0 Å². The summed E-state index contributed by atoms with van der Waals surface area (Å²) in [6, 6.07) is 63.6. The lowest BCUT2D eigenvalue weighted by Crippen LogP contribution is -2.60. The van der Waals surface area contributed by atoms with Gasteiger partial charge in [0.1, 0.15) is 11.5 Å². The highest BCUT2D eigenvalue weighted by Gasteiger charge is 2.36. The Bertz CT molecular complexity index is 2070. The number of hydrogen-bond acceptors (Lipinski definition) is 4. The van der Waals surface area contributed by atoms with E-state index in [-0.39, 0.29) is 11.6 Å². The molecule has 0 saturated heterocycles. The Labute approximate surface area is 319 Å². The summed E-state index contributed by atoms with van der Waals surface area (Å²) in [5, 5.41) is 4.83. The average Bonchev–Trinajstić information content (AvgIpc) is 3.26. The molecule has 0 spiro atoms. The summed E-state index contributed by atoms with van der Waals surface area (Å²) in [7, 11) is -5.01. The van der Waals surface area contributed by atoms with Crippen LogP contribution in [0, 0.1) is 0 Å². The van der Waals surface area contributed by atoms with Crippen LogP contribution in [0.5, 0.6) is 11.5 Å². The fraction of sp³-hybridized carbons (Fsp3) is 0.0833. The van der Waals surface area contributed by atoms with Crippen molar-refractivity contribution in [2.45, 2.75) is 13.1 Å². The summed E-state index contributed by atoms with van der Waals surface area (Å²) < 4.78 is 13.7. The van der Waals surface area contributed by atoms with Crippen LogP contribution < -0.4 is 30.2 Å². The van der Waals surface area contributed by atoms with Crippen LogP contribution in [0.2, 0.25) is 13.1 Å². The normalized spacial score (nSPS) is 11.4. The average molecular weight is 739 g/mol. The maximum Gasteiger partial charge on any atom is 0.196 e. The van der Waals surface area contributed by atoms with Gasteiger partial charge in [-0.1, -0.05) is 216 Å². The molecule has 0 N–H and O–H groups in total. The molecule has 0 unspecified atom stereocenters. The molecule has 54 heavy (non-hydrogen) atoms. The highest BCUT2D eigenvalue weighted by molar-refractivity contribution is 7.01. The van der Waals surface area contributed by atoms with Gasteiger partial charge in [-0.3, -0.25) is 9.59 Å². The molecular formula is C48H42O4Si2. The number of ketones is 2. The van der Waals surface area contributed by atoms with Crippen LogP contribution in [0.3, 0.4) is 0 Å². The minimum Gasteiger partial charge on any atom is -0.496 e. The van der Waals surface area contributed by atoms with Crippen molar-refractivity contribution < 1.29 is 19.1 Å². The number of ether oxygens (including phenoxy) is 2. The summed E-state index contributed by atoms with van der Waals surface area (Å²) in [5.41, 5.74) is 1.74. The van der Waals surface area contributed by atoms with E-state index in [2.05, 4.69) is 110 Å². The van der Waals surface area contributed by atoms with Crippen molar-refractivity contribution in [3.63, 3.8) is 0 Å². The van der Waals surface area contributed by atoms with E-state index in [0.29, 0.717) is 46.2 Å². The number of benzene rings is 7. The smallest absolute Gasteiger partial charge is 0.196 e. The first-order valence-corrected chi connectivity index (χ1v) is 23.6. The van der Waals surface area contributed by atoms with E-state index < -0.39 is 16.1 Å². The summed E-state index contributed by atoms with van der Waals surface area (Å²) in [5.74, 6) is 0.297. The minimum atomic E-state index is -2.50. The monoisotopic (exact) mass is 738 g/mol. The van der Waals surface area contributed by atoms with E-state index in [0.717, 1.165) is 0 Å². The van der Waals surface area contributed by atoms with Crippen molar-refractivity contribution in [1.82, 2.24) is 0 Å². The lowest BCUT2D eigenvalue weighted by molar-refractivity contribution is 0.102. The predicted molar refractivity (Wildman–Crippen MR) is 225 cm³/mol. The van der Waals surface area contributed by atoms with E-state index in [9.17, 15) is 9.59 Å². The van der Waals surface area contributed by atoms with Gasteiger partial charge in [-0.2, -0.15) is 0 Å². The fourth-order valence-electron chi connectivity index (χ4n) is 6.98. The number of hydrogen-bond donors (Lipinski definition) is 0. The predicted octanol–water partition coefficient (Wildman–Crippen LogP) is 7.77. The molecule has 7 aromatic rings. The third-order valence-corrected chi connectivity index (χ3v) is 18.2. The Morgan fingerprint density at radius 2 is 0.630 bits per heavy atom. The van der Waals surface area contributed by atoms with Crippen LogP contribution in [0.25, 0.3) is 0 Å². The molecule has 266 valence electrons. The van der Waals surface area contributed by atoms with Gasteiger partial charge in [-0.15, -0.1) is 0 Å². The molecule has 4 nitrogen and oxygen atoms in total. The highest BCUT2D eigenvalue weighted by atomic mass is 28.3. The highest BCUT2D eigenvalue weighted by Crippen LogP contribution is 2.34. The van der Waals surface area contributed by atoms with Crippen molar-refractivity contribution in [3.8, 4) is 11.5 Å². The maximum absolute atomic E-state index is 14.5. The van der Waals surface area contributed by atoms with Crippen molar-refractivity contribution >= 4 is 48.5 Å². The van der Waals surface area contributed by atoms with E-state index in [4.69, 9.17) is 9.47 Å². The van der Waals surface area contributed by atoms with Gasteiger partial charge in [0.15, 0.2) is 27.7 Å². The van der Waals surface area contributed by atoms with Gasteiger partial charge in [0, 0.05) is 11.1 Å². The molecule has 0 heterocycles. The summed E-state index contributed by atoms with van der Waals surface area (Å²) in [4.78, 5) is 29.0. The molecule has 0 aromatic heterocycles. The fourth-order valence-corrected chi connectivity index (χ4v) is 12.9. The molecule has 0 bridgehead atoms. The summed E-state index contributed by atoms with van der Waals surface area (Å²) in [6.45, 7) is 4.56. The third kappa shape index (κ3) is 7.67. The molecule has 7 rings (SSSR count). The van der Waals surface area contributed by atoms with Crippen LogP contribution in [0.4, 0.5) is 0 Å². The summed E-state index contributed by atoms with van der Waals surface area (Å²) >= 11 is 0. The first-order chi connectivity index (χ1) is 26.4. The van der Waals surface area contributed by atoms with Gasteiger partial charge in [-0.25, -0.2) is 0 Å². The quantitative estimate of drug-likeness (QED) is 0.0846. The molecule has 0 saturated carbocycles. The van der Waals surface area contributed by atoms with Gasteiger partial charge in [0.2, 0.25) is 0 Å². The Morgan fingerprint density at radius 1 is 0.389 bits per heavy atom. The van der Waals surface area contributed by atoms with Gasteiger partial charge in [0.25, 0.3) is 0 Å². The second kappa shape index (κ2) is 16.3. The molecular weight excluding hydrogens is 697 g/mol. The third-order valence-electron chi connectivity index (χ3n) is 10.3. The maximum atomic E-state index is 14.5. The minimum absolute atomic E-state index is 0.205. The van der Waals surface area contributed by atoms with E-state index >= 15 is 0 Å². The molecule has 7 aromatic carbocycles. The summed E-state index contributed by atoms with van der Waals surface area (Å²) in [6.07, 6.45) is 0.699. The van der Waals surface area contributed by atoms with E-state index in [1.54, 1.807) is 36.4 Å². The van der Waals surface area contributed by atoms with Crippen molar-refractivity contribution in [2.75, 3.05) is 12.5 Å². The molecule has 0 aliphatic carbocycles. The lowest BCUT2D eigenvalue weighted by atomic mass is 9.96. The molecule has 0 aliphatic rings. The molecule has 0 fully saturated rings. The Hall–Kier alpha value is -6.09. The molecule has 0 amide bonds. The van der Waals surface area contributed by atoms with Gasteiger partial charge >= 0.3 is 0 Å². The standard InChI is InChI=1S/C48H42O4Si2/c1-53(39-25-13-5-14-26-39,40-27-15-6-16-28-40)35-51-45-33-44(48(50)38-23-11-4-12-24-38)46(34-43(45)47(49)37-21-9-3-10-22-37)52-36-54(2,41-29-17-7-18-30-41)42-31-19-8-20-32-42/h3-34H,35-36H2,1-2H3. The Balaban J connectivity index is 1.36. The zero-order valence-corrected chi connectivity index (χ0v) is 32.5. The molecule has 6 heteroatoms. The van der Waals surface area contributed by atoms with E-state index in [1.807, 2.05) is 60.7 Å². The van der Waals surface area contributed by atoms with Crippen LogP contribution >= 0.6 is 0 Å². The first-order valence-electron chi connectivity index (χ1n) is 18.2. The molecule has 0 radical (unpaired) electrons. The SMILES string of the molecule is C[Si](COc1cc(C(=O)c2ccccc2)c(OC[Si](C)(c2ccccc2)c2ccccc2)cc1C(=O)c1ccccc1)(c1ccccc1)c1ccccc1. The Morgan fingerprint density at radius 3 is 0.889 bits per heavy atom.